The average molecular weight is 400 g/mol. The normalized spacial score (nSPS) is 16.4. The van der Waals surface area contributed by atoms with Gasteiger partial charge in [-0.2, -0.15) is 0 Å². The van der Waals surface area contributed by atoms with Gasteiger partial charge in [-0.25, -0.2) is 4.39 Å². The summed E-state index contributed by atoms with van der Waals surface area (Å²) in [5.41, 5.74) is 0.806. The molecule has 2 heterocycles. The van der Waals surface area contributed by atoms with E-state index in [1.165, 1.54) is 6.07 Å². The van der Waals surface area contributed by atoms with Gasteiger partial charge in [0.1, 0.15) is 11.9 Å². The molecular weight excluding hydrogens is 369 g/mol. The molecule has 0 fully saturated rings. The van der Waals surface area contributed by atoms with Crippen LogP contribution in [0.25, 0.3) is 0 Å². The first kappa shape index (κ1) is 21.1. The monoisotopic (exact) mass is 399 g/mol. The standard InChI is InChI=1S/C23H30FN3O2/c1-5-12-26(22(29)23(2,3)4)16-20(28)27-15-14-25-13-8-11-19(25)21(27)17-9-6-7-10-18(17)24/h6-11,13,21H,5,12,14-16H2,1-4H3. The van der Waals surface area contributed by atoms with E-state index < -0.39 is 11.5 Å². The second-order valence-corrected chi connectivity index (χ2v) is 8.61. The van der Waals surface area contributed by atoms with Crippen LogP contribution in [0, 0.1) is 11.2 Å². The lowest BCUT2D eigenvalue weighted by molar-refractivity contribution is -0.146. The van der Waals surface area contributed by atoms with Crippen molar-refractivity contribution < 1.29 is 14.0 Å². The number of hydrogen-bond acceptors (Lipinski definition) is 2. The molecule has 1 aromatic heterocycles. The van der Waals surface area contributed by atoms with Crippen molar-refractivity contribution in [2.75, 3.05) is 19.6 Å². The summed E-state index contributed by atoms with van der Waals surface area (Å²) in [6.45, 7) is 9.23. The molecule has 0 bridgehead atoms. The molecule has 3 rings (SSSR count). The Balaban J connectivity index is 1.92. The Morgan fingerprint density at radius 2 is 1.86 bits per heavy atom. The number of benzene rings is 1. The molecule has 2 aromatic rings. The Bertz CT molecular complexity index is 884. The highest BCUT2D eigenvalue weighted by Gasteiger charge is 2.36. The fourth-order valence-corrected chi connectivity index (χ4v) is 3.93. The first-order valence-corrected chi connectivity index (χ1v) is 10.2. The minimum Gasteiger partial charge on any atom is -0.348 e. The molecule has 5 nitrogen and oxygen atoms in total. The van der Waals surface area contributed by atoms with Crippen molar-refractivity contribution in [2.45, 2.75) is 46.7 Å². The Kier molecular flexibility index (Phi) is 6.10. The Hall–Kier alpha value is -2.63. The zero-order chi connectivity index (χ0) is 21.2. The van der Waals surface area contributed by atoms with Gasteiger partial charge >= 0.3 is 0 Å². The Labute approximate surface area is 172 Å². The summed E-state index contributed by atoms with van der Waals surface area (Å²) >= 11 is 0. The fourth-order valence-electron chi connectivity index (χ4n) is 3.93. The average Bonchev–Trinajstić information content (AvgIpc) is 3.15. The van der Waals surface area contributed by atoms with E-state index in [-0.39, 0.29) is 24.2 Å². The van der Waals surface area contributed by atoms with Crippen molar-refractivity contribution in [3.05, 3.63) is 59.7 Å². The number of rotatable bonds is 5. The second-order valence-electron chi connectivity index (χ2n) is 8.61. The second kappa shape index (κ2) is 8.39. The van der Waals surface area contributed by atoms with Crippen LogP contribution in [0.2, 0.25) is 0 Å². The van der Waals surface area contributed by atoms with Crippen LogP contribution in [0.1, 0.15) is 51.4 Å². The lowest BCUT2D eigenvalue weighted by atomic mass is 9.94. The molecule has 0 saturated carbocycles. The number of carbonyl (C=O) groups excluding carboxylic acids is 2. The van der Waals surface area contributed by atoms with Crippen molar-refractivity contribution in [1.82, 2.24) is 14.4 Å². The maximum absolute atomic E-state index is 14.7. The molecule has 1 unspecified atom stereocenters. The number of hydrogen-bond donors (Lipinski definition) is 0. The summed E-state index contributed by atoms with van der Waals surface area (Å²) in [7, 11) is 0. The van der Waals surface area contributed by atoms with Crippen LogP contribution in [-0.2, 0) is 16.1 Å². The Morgan fingerprint density at radius 1 is 1.14 bits per heavy atom. The number of fused-ring (bicyclic) bond motifs is 1. The van der Waals surface area contributed by atoms with Crippen LogP contribution in [0.5, 0.6) is 0 Å². The molecule has 156 valence electrons. The maximum Gasteiger partial charge on any atom is 0.243 e. The molecular formula is C23H30FN3O2. The molecule has 6 heteroatoms. The van der Waals surface area contributed by atoms with E-state index in [0.29, 0.717) is 25.2 Å². The number of halogens is 1. The number of carbonyl (C=O) groups is 2. The molecule has 1 aliphatic heterocycles. The lowest BCUT2D eigenvalue weighted by Crippen LogP contribution is -2.50. The van der Waals surface area contributed by atoms with Gasteiger partial charge < -0.3 is 14.4 Å². The Morgan fingerprint density at radius 3 is 2.52 bits per heavy atom. The zero-order valence-corrected chi connectivity index (χ0v) is 17.7. The van der Waals surface area contributed by atoms with E-state index in [4.69, 9.17) is 0 Å². The van der Waals surface area contributed by atoms with Crippen molar-refractivity contribution in [3.8, 4) is 0 Å². The summed E-state index contributed by atoms with van der Waals surface area (Å²) < 4.78 is 16.7. The van der Waals surface area contributed by atoms with Gasteiger partial charge in [-0.1, -0.05) is 45.9 Å². The smallest absolute Gasteiger partial charge is 0.243 e. The largest absolute Gasteiger partial charge is 0.348 e. The number of nitrogens with zero attached hydrogens (tertiary/aromatic N) is 3. The molecule has 1 aromatic carbocycles. The third-order valence-electron chi connectivity index (χ3n) is 5.31. The quantitative estimate of drug-likeness (QED) is 0.767. The SMILES string of the molecule is CCCN(CC(=O)N1CCn2cccc2C1c1ccccc1F)C(=O)C(C)(C)C. The highest BCUT2D eigenvalue weighted by atomic mass is 19.1. The van der Waals surface area contributed by atoms with Gasteiger partial charge in [0.15, 0.2) is 0 Å². The summed E-state index contributed by atoms with van der Waals surface area (Å²) in [6.07, 6.45) is 2.73. The molecule has 0 aliphatic carbocycles. The van der Waals surface area contributed by atoms with Crippen LogP contribution in [-0.4, -0.2) is 45.8 Å². The van der Waals surface area contributed by atoms with Crippen molar-refractivity contribution >= 4 is 11.8 Å². The molecule has 0 N–H and O–H groups in total. The van der Waals surface area contributed by atoms with E-state index in [2.05, 4.69) is 4.57 Å². The van der Waals surface area contributed by atoms with Gasteiger partial charge in [-0.15, -0.1) is 0 Å². The van der Waals surface area contributed by atoms with Crippen LogP contribution in [0.15, 0.2) is 42.6 Å². The van der Waals surface area contributed by atoms with Crippen molar-refractivity contribution in [3.63, 3.8) is 0 Å². The minimum absolute atomic E-state index is 0.00953. The zero-order valence-electron chi connectivity index (χ0n) is 17.7. The first-order chi connectivity index (χ1) is 13.7. The molecule has 0 spiro atoms. The summed E-state index contributed by atoms with van der Waals surface area (Å²) in [4.78, 5) is 29.5. The van der Waals surface area contributed by atoms with Gasteiger partial charge in [0, 0.05) is 42.5 Å². The predicted octanol–water partition coefficient (Wildman–Crippen LogP) is 3.84. The lowest BCUT2D eigenvalue weighted by Gasteiger charge is -2.39. The van der Waals surface area contributed by atoms with Gasteiger partial charge in [0.05, 0.1) is 6.54 Å². The van der Waals surface area contributed by atoms with Gasteiger partial charge in [0.25, 0.3) is 0 Å². The third-order valence-corrected chi connectivity index (χ3v) is 5.31. The van der Waals surface area contributed by atoms with Gasteiger partial charge in [-0.05, 0) is 24.6 Å². The van der Waals surface area contributed by atoms with Gasteiger partial charge in [-0.3, -0.25) is 9.59 Å². The van der Waals surface area contributed by atoms with Crippen LogP contribution in [0.4, 0.5) is 4.39 Å². The highest BCUT2D eigenvalue weighted by molar-refractivity contribution is 5.87. The van der Waals surface area contributed by atoms with E-state index in [9.17, 15) is 14.0 Å². The van der Waals surface area contributed by atoms with Crippen molar-refractivity contribution in [1.29, 1.82) is 0 Å². The molecule has 0 saturated heterocycles. The summed E-state index contributed by atoms with van der Waals surface area (Å²) in [6, 6.07) is 9.94. The van der Waals surface area contributed by atoms with Crippen LogP contribution >= 0.6 is 0 Å². The summed E-state index contributed by atoms with van der Waals surface area (Å²) in [5.74, 6) is -0.534. The van der Waals surface area contributed by atoms with E-state index in [1.54, 1.807) is 28.0 Å². The number of amides is 2. The van der Waals surface area contributed by atoms with E-state index in [1.807, 2.05) is 46.0 Å². The van der Waals surface area contributed by atoms with Gasteiger partial charge in [0.2, 0.25) is 11.8 Å². The van der Waals surface area contributed by atoms with Crippen LogP contribution in [0.3, 0.4) is 0 Å². The fraction of sp³-hybridized carbons (Fsp3) is 0.478. The maximum atomic E-state index is 14.7. The predicted molar refractivity (Wildman–Crippen MR) is 111 cm³/mol. The third kappa shape index (κ3) is 4.36. The van der Waals surface area contributed by atoms with E-state index in [0.717, 1.165) is 12.1 Å². The molecule has 1 aliphatic rings. The number of aromatic nitrogens is 1. The first-order valence-electron chi connectivity index (χ1n) is 10.2. The molecule has 0 radical (unpaired) electrons. The highest BCUT2D eigenvalue weighted by Crippen LogP contribution is 2.34. The van der Waals surface area contributed by atoms with Crippen LogP contribution < -0.4 is 0 Å². The van der Waals surface area contributed by atoms with E-state index >= 15 is 0 Å². The minimum atomic E-state index is -0.559. The molecule has 2 amide bonds. The molecule has 1 atom stereocenters. The summed E-state index contributed by atoms with van der Waals surface area (Å²) in [5, 5.41) is 0. The topological polar surface area (TPSA) is 45.6 Å². The van der Waals surface area contributed by atoms with Crippen molar-refractivity contribution in [2.24, 2.45) is 5.41 Å². The molecule has 29 heavy (non-hydrogen) atoms.